The van der Waals surface area contributed by atoms with Gasteiger partial charge in [0.25, 0.3) is 0 Å². The first kappa shape index (κ1) is 13.8. The summed E-state index contributed by atoms with van der Waals surface area (Å²) in [5.74, 6) is 1.16. The summed E-state index contributed by atoms with van der Waals surface area (Å²) in [6.07, 6.45) is 3.60. The van der Waals surface area contributed by atoms with Gasteiger partial charge in [-0.3, -0.25) is 4.79 Å². The van der Waals surface area contributed by atoms with Crippen LogP contribution in [0.1, 0.15) is 37.3 Å². The van der Waals surface area contributed by atoms with Gasteiger partial charge in [-0.05, 0) is 55.3 Å². The number of benzene rings is 1. The van der Waals surface area contributed by atoms with Crippen molar-refractivity contribution < 1.29 is 9.53 Å². The third-order valence-electron chi connectivity index (χ3n) is 4.97. The van der Waals surface area contributed by atoms with Crippen molar-refractivity contribution in [2.45, 2.75) is 38.2 Å². The minimum Gasteiger partial charge on any atom is -0.487 e. The molecule has 3 aliphatic rings. The summed E-state index contributed by atoms with van der Waals surface area (Å²) in [7, 11) is 0. The van der Waals surface area contributed by atoms with Gasteiger partial charge in [0.2, 0.25) is 5.91 Å². The van der Waals surface area contributed by atoms with Crippen LogP contribution < -0.4 is 15.5 Å². The lowest BCUT2D eigenvalue weighted by Crippen LogP contribution is -2.45. The molecule has 1 unspecified atom stereocenters. The fourth-order valence-corrected chi connectivity index (χ4v) is 3.76. The third-order valence-corrected chi connectivity index (χ3v) is 4.97. The van der Waals surface area contributed by atoms with E-state index in [9.17, 15) is 4.79 Å². The molecule has 2 N–H and O–H groups in total. The van der Waals surface area contributed by atoms with Crippen molar-refractivity contribution in [1.29, 1.82) is 0 Å². The molecule has 116 valence electrons. The molecule has 1 atom stereocenters. The normalized spacial score (nSPS) is 26.1. The number of nitrogens with zero attached hydrogens (tertiary/aromatic N) is 1. The number of fused-ring (bicyclic) bond motifs is 1. The minimum absolute atomic E-state index is 0.00518. The second kappa shape index (κ2) is 5.09. The van der Waals surface area contributed by atoms with E-state index < -0.39 is 0 Å². The molecule has 0 radical (unpaired) electrons. The van der Waals surface area contributed by atoms with Crippen LogP contribution in [-0.2, 0) is 11.2 Å². The van der Waals surface area contributed by atoms with Crippen LogP contribution in [0.4, 0.5) is 0 Å². The van der Waals surface area contributed by atoms with Crippen molar-refractivity contribution in [2.24, 2.45) is 11.0 Å². The highest BCUT2D eigenvalue weighted by Crippen LogP contribution is 2.40. The van der Waals surface area contributed by atoms with Gasteiger partial charge >= 0.3 is 0 Å². The highest BCUT2D eigenvalue weighted by Gasteiger charge is 2.40. The fourth-order valence-electron chi connectivity index (χ4n) is 3.76. The largest absolute Gasteiger partial charge is 0.487 e. The molecule has 3 heterocycles. The van der Waals surface area contributed by atoms with Gasteiger partial charge in [0.15, 0.2) is 0 Å². The van der Waals surface area contributed by atoms with Crippen LogP contribution in [0.15, 0.2) is 23.3 Å². The van der Waals surface area contributed by atoms with Gasteiger partial charge in [-0.2, -0.15) is 5.10 Å². The van der Waals surface area contributed by atoms with Crippen LogP contribution in [0.2, 0.25) is 0 Å². The monoisotopic (exact) mass is 299 g/mol. The average molecular weight is 299 g/mol. The first-order valence-electron chi connectivity index (χ1n) is 8.05. The molecule has 0 aliphatic carbocycles. The Balaban J connectivity index is 1.62. The molecule has 1 amide bonds. The topological polar surface area (TPSA) is 62.7 Å². The summed E-state index contributed by atoms with van der Waals surface area (Å²) in [6, 6.07) is 6.32. The lowest BCUT2D eigenvalue weighted by Gasteiger charge is -2.33. The van der Waals surface area contributed by atoms with E-state index in [0.29, 0.717) is 6.42 Å². The Labute approximate surface area is 130 Å². The summed E-state index contributed by atoms with van der Waals surface area (Å²) >= 11 is 0. The summed E-state index contributed by atoms with van der Waals surface area (Å²) in [6.45, 7) is 4.10. The molecule has 5 heteroatoms. The van der Waals surface area contributed by atoms with Gasteiger partial charge in [-0.15, -0.1) is 0 Å². The highest BCUT2D eigenvalue weighted by atomic mass is 16.5. The van der Waals surface area contributed by atoms with Crippen molar-refractivity contribution in [3.63, 3.8) is 0 Å². The van der Waals surface area contributed by atoms with Crippen LogP contribution in [0.25, 0.3) is 0 Å². The molecule has 0 bridgehead atoms. The number of nitrogens with one attached hydrogen (secondary N) is 2. The second-order valence-electron chi connectivity index (χ2n) is 6.67. The summed E-state index contributed by atoms with van der Waals surface area (Å²) in [5, 5.41) is 7.65. The van der Waals surface area contributed by atoms with Crippen molar-refractivity contribution >= 4 is 11.6 Å². The molecule has 1 spiro atoms. The molecule has 1 aromatic carbocycles. The summed E-state index contributed by atoms with van der Waals surface area (Å²) in [5.41, 5.74) is 5.92. The molecular formula is C17H21N3O2. The Hall–Kier alpha value is -1.88. The lowest BCUT2D eigenvalue weighted by atomic mass is 9.87. The predicted octanol–water partition coefficient (Wildman–Crippen LogP) is 1.60. The van der Waals surface area contributed by atoms with Gasteiger partial charge < -0.3 is 10.1 Å². The smallest absolute Gasteiger partial charge is 0.240 e. The van der Waals surface area contributed by atoms with Crippen LogP contribution in [0, 0.1) is 5.92 Å². The van der Waals surface area contributed by atoms with Gasteiger partial charge in [-0.25, -0.2) is 5.43 Å². The van der Waals surface area contributed by atoms with Crippen molar-refractivity contribution in [3.05, 3.63) is 29.3 Å². The maximum atomic E-state index is 11.4. The Kier molecular flexibility index (Phi) is 3.18. The number of rotatable bonds is 1. The Bertz CT molecular complexity index is 647. The zero-order chi connectivity index (χ0) is 15.2. The number of hydrazone groups is 1. The number of hydrogen-bond acceptors (Lipinski definition) is 4. The van der Waals surface area contributed by atoms with E-state index >= 15 is 0 Å². The van der Waals surface area contributed by atoms with E-state index in [4.69, 9.17) is 4.74 Å². The number of ether oxygens (including phenoxy) is 1. The van der Waals surface area contributed by atoms with Crippen molar-refractivity contribution in [3.8, 4) is 5.75 Å². The molecule has 0 aromatic heterocycles. The molecule has 0 saturated carbocycles. The zero-order valence-electron chi connectivity index (χ0n) is 12.8. The highest BCUT2D eigenvalue weighted by molar-refractivity contribution is 6.05. The quantitative estimate of drug-likeness (QED) is 0.828. The average Bonchev–Trinajstić information content (AvgIpc) is 2.84. The molecule has 5 nitrogen and oxygen atoms in total. The Morgan fingerprint density at radius 2 is 2.14 bits per heavy atom. The SMILES string of the molecule is CC1CC(=O)NN=C1c1ccc2c(c1)CC1(CCNCC1)O2. The molecule has 1 aromatic rings. The first-order chi connectivity index (χ1) is 10.7. The van der Waals surface area contributed by atoms with Gasteiger partial charge in [-0.1, -0.05) is 6.92 Å². The van der Waals surface area contributed by atoms with Gasteiger partial charge in [0.05, 0.1) is 5.71 Å². The van der Waals surface area contributed by atoms with E-state index in [1.54, 1.807) is 0 Å². The van der Waals surface area contributed by atoms with Crippen LogP contribution in [-0.4, -0.2) is 30.3 Å². The van der Waals surface area contributed by atoms with E-state index in [2.05, 4.69) is 41.0 Å². The van der Waals surface area contributed by atoms with Gasteiger partial charge in [0, 0.05) is 18.8 Å². The number of amides is 1. The third kappa shape index (κ3) is 2.29. The summed E-state index contributed by atoms with van der Waals surface area (Å²) in [4.78, 5) is 11.4. The Morgan fingerprint density at radius 3 is 2.91 bits per heavy atom. The van der Waals surface area contributed by atoms with Crippen LogP contribution >= 0.6 is 0 Å². The molecule has 4 rings (SSSR count). The Morgan fingerprint density at radius 1 is 1.32 bits per heavy atom. The molecule has 1 saturated heterocycles. The number of carbonyl (C=O) groups is 1. The van der Waals surface area contributed by atoms with E-state index in [1.165, 1.54) is 5.56 Å². The number of piperidine rings is 1. The van der Waals surface area contributed by atoms with Crippen LogP contribution in [0.5, 0.6) is 5.75 Å². The lowest BCUT2D eigenvalue weighted by molar-refractivity contribution is -0.121. The summed E-state index contributed by atoms with van der Waals surface area (Å²) < 4.78 is 6.27. The second-order valence-corrected chi connectivity index (χ2v) is 6.67. The standard InChI is InChI=1S/C17H21N3O2/c1-11-8-15(21)19-20-16(11)12-2-3-14-13(9-12)10-17(22-14)4-6-18-7-5-17/h2-3,9,11,18H,4-8,10H2,1H3,(H,19,21). The predicted molar refractivity (Wildman–Crippen MR) is 84.1 cm³/mol. The van der Waals surface area contributed by atoms with E-state index in [1.807, 2.05) is 0 Å². The van der Waals surface area contributed by atoms with E-state index in [0.717, 1.165) is 49.4 Å². The molecule has 22 heavy (non-hydrogen) atoms. The van der Waals surface area contributed by atoms with Crippen molar-refractivity contribution in [1.82, 2.24) is 10.7 Å². The number of hydrogen-bond donors (Lipinski definition) is 2. The maximum Gasteiger partial charge on any atom is 0.240 e. The maximum absolute atomic E-state index is 11.4. The minimum atomic E-state index is -0.0135. The van der Waals surface area contributed by atoms with Gasteiger partial charge in [0.1, 0.15) is 11.4 Å². The number of carbonyl (C=O) groups excluding carboxylic acids is 1. The van der Waals surface area contributed by atoms with Crippen LogP contribution in [0.3, 0.4) is 0 Å². The van der Waals surface area contributed by atoms with Crippen molar-refractivity contribution in [2.75, 3.05) is 13.1 Å². The molecule has 1 fully saturated rings. The molecule has 3 aliphatic heterocycles. The first-order valence-corrected chi connectivity index (χ1v) is 8.05. The fraction of sp³-hybridized carbons (Fsp3) is 0.529. The zero-order valence-corrected chi connectivity index (χ0v) is 12.8. The van der Waals surface area contributed by atoms with E-state index in [-0.39, 0.29) is 17.4 Å². The molecular weight excluding hydrogens is 278 g/mol.